The molecule has 0 aromatic carbocycles. The molecule has 0 aromatic rings. The van der Waals surface area contributed by atoms with Gasteiger partial charge in [-0.1, -0.05) is 0 Å². The summed E-state index contributed by atoms with van der Waals surface area (Å²) in [6.45, 7) is 0. The van der Waals surface area contributed by atoms with Crippen LogP contribution in [0.2, 0.25) is 0 Å². The van der Waals surface area contributed by atoms with Crippen LogP contribution in [0.3, 0.4) is 0 Å². The normalized spacial score (nSPS) is 18.2. The molecule has 2 unspecified atom stereocenters. The van der Waals surface area contributed by atoms with Gasteiger partial charge in [-0.3, -0.25) is 0 Å². The van der Waals surface area contributed by atoms with E-state index in [0.29, 0.717) is 0 Å². The molecule has 0 fully saturated rings. The minimum Gasteiger partial charge on any atom is -0.306 e. The molecule has 0 bridgehead atoms. The molecule has 0 spiro atoms. The molecule has 1 nitrogen and oxygen atoms in total. The molecule has 0 saturated carbocycles. The van der Waals surface area contributed by atoms with Gasteiger partial charge >= 0.3 is 0 Å². The fourth-order valence-corrected chi connectivity index (χ4v) is 11.8. The summed E-state index contributed by atoms with van der Waals surface area (Å²) < 4.78 is 4.88. The third-order valence-electron chi connectivity index (χ3n) is 0.494. The SMILES string of the molecule is COS(=S)S(=S)S(C)(=S)=S. The highest BCUT2D eigenvalue weighted by atomic mass is 33.9. The average molecular weight is 271 g/mol. The van der Waals surface area contributed by atoms with Gasteiger partial charge in [0.25, 0.3) is 0 Å². The summed E-state index contributed by atoms with van der Waals surface area (Å²) in [6, 6.07) is 0. The Morgan fingerprint density at radius 2 is 1.70 bits per heavy atom. The van der Waals surface area contributed by atoms with E-state index in [1.165, 1.54) is 7.11 Å². The van der Waals surface area contributed by atoms with Crippen LogP contribution in [0.25, 0.3) is 0 Å². The standard InChI is InChI=1S/C2H6OS7/c1-3-8(4)9(5)10(2,6)7/h1-2H3. The molecule has 8 heteroatoms. The zero-order chi connectivity index (χ0) is 8.36. The Hall–Kier alpha value is 1.89. The van der Waals surface area contributed by atoms with Crippen molar-refractivity contribution in [2.45, 2.75) is 0 Å². The first kappa shape index (κ1) is 11.9. The molecular formula is C2H6OS7. The second-order valence-corrected chi connectivity index (χ2v) is 19.1. The molecule has 0 N–H and O–H groups in total. The summed E-state index contributed by atoms with van der Waals surface area (Å²) in [4.78, 5) is 0. The molecule has 0 aliphatic rings. The average Bonchev–Trinajstić information content (AvgIpc) is 1.83. The zero-order valence-corrected chi connectivity index (χ0v) is 11.0. The maximum Gasteiger partial charge on any atom is 0.0829 e. The molecular weight excluding hydrogens is 264 g/mol. The van der Waals surface area contributed by atoms with E-state index < -0.39 is 22.5 Å². The van der Waals surface area contributed by atoms with Crippen molar-refractivity contribution in [2.75, 3.05) is 13.4 Å². The first-order valence-corrected chi connectivity index (χ1v) is 11.1. The molecule has 2 atom stereocenters. The van der Waals surface area contributed by atoms with E-state index in [-0.39, 0.29) is 0 Å². The molecule has 0 saturated heterocycles. The van der Waals surface area contributed by atoms with Crippen LogP contribution in [0.1, 0.15) is 0 Å². The van der Waals surface area contributed by atoms with Gasteiger partial charge in [-0.15, -0.1) is 0 Å². The van der Waals surface area contributed by atoms with Crippen LogP contribution >= 0.6 is 0 Å². The Kier molecular flexibility index (Phi) is 5.71. The van der Waals surface area contributed by atoms with E-state index >= 15 is 0 Å². The fourth-order valence-electron chi connectivity index (χ4n) is 0.156. The Labute approximate surface area is 83.9 Å². The van der Waals surface area contributed by atoms with E-state index in [0.717, 1.165) is 0 Å². The van der Waals surface area contributed by atoms with Gasteiger partial charge in [0, 0.05) is 13.8 Å². The van der Waals surface area contributed by atoms with Gasteiger partial charge in [-0.25, -0.2) is 0 Å². The maximum atomic E-state index is 5.04. The summed E-state index contributed by atoms with van der Waals surface area (Å²) in [7, 11) is 0.388. The quantitative estimate of drug-likeness (QED) is 0.678. The van der Waals surface area contributed by atoms with Crippen LogP contribution in [-0.4, -0.2) is 13.4 Å². The van der Waals surface area contributed by atoms with E-state index in [2.05, 4.69) is 0 Å². The highest BCUT2D eigenvalue weighted by Crippen LogP contribution is 2.03. The summed E-state index contributed by atoms with van der Waals surface area (Å²) >= 11 is 20.0. The van der Waals surface area contributed by atoms with Crippen molar-refractivity contribution in [2.24, 2.45) is 0 Å². The Morgan fingerprint density at radius 3 is 1.80 bits per heavy atom. The van der Waals surface area contributed by atoms with Crippen molar-refractivity contribution >= 4 is 67.2 Å². The minimum absolute atomic E-state index is 0.515. The molecule has 0 amide bonds. The monoisotopic (exact) mass is 270 g/mol. The molecule has 0 radical (unpaired) electrons. The van der Waals surface area contributed by atoms with Crippen LogP contribution in [0.5, 0.6) is 0 Å². The van der Waals surface area contributed by atoms with Gasteiger partial charge in [-0.2, -0.15) is 0 Å². The van der Waals surface area contributed by atoms with Crippen molar-refractivity contribution in [3.8, 4) is 0 Å². The molecule has 62 valence electrons. The zero-order valence-electron chi connectivity index (χ0n) is 5.27. The lowest BCUT2D eigenvalue weighted by molar-refractivity contribution is 0.492. The lowest BCUT2D eigenvalue weighted by atomic mass is 11.8. The predicted molar refractivity (Wildman–Crippen MR) is 64.5 cm³/mol. The van der Waals surface area contributed by atoms with Crippen LogP contribution < -0.4 is 0 Å². The summed E-state index contributed by atoms with van der Waals surface area (Å²) in [5, 5.41) is 0. The molecule has 0 aliphatic carbocycles. The first-order chi connectivity index (χ1) is 4.39. The van der Waals surface area contributed by atoms with Crippen LogP contribution in [0.4, 0.5) is 0 Å². The van der Waals surface area contributed by atoms with Gasteiger partial charge in [-0.05, 0) is 50.9 Å². The lowest BCUT2D eigenvalue weighted by Gasteiger charge is -2.06. The van der Waals surface area contributed by atoms with Gasteiger partial charge in [0.2, 0.25) is 0 Å². The first-order valence-electron chi connectivity index (χ1n) is 1.98. The Balaban J connectivity index is 4.57. The van der Waals surface area contributed by atoms with E-state index in [1.807, 2.05) is 0 Å². The number of rotatable bonds is 3. The van der Waals surface area contributed by atoms with E-state index in [1.54, 1.807) is 6.26 Å². The smallest absolute Gasteiger partial charge is 0.0829 e. The summed E-state index contributed by atoms with van der Waals surface area (Å²) in [6.07, 6.45) is 0.283. The summed E-state index contributed by atoms with van der Waals surface area (Å²) in [5.74, 6) is 0. The van der Waals surface area contributed by atoms with Crippen molar-refractivity contribution < 1.29 is 4.18 Å². The van der Waals surface area contributed by atoms with Crippen molar-refractivity contribution in [1.82, 2.24) is 0 Å². The lowest BCUT2D eigenvalue weighted by Crippen LogP contribution is -2.07. The second kappa shape index (κ2) is 4.80. The Bertz CT molecular complexity index is 247. The molecule has 0 aromatic heterocycles. The highest BCUT2D eigenvalue weighted by molar-refractivity contribution is 9.21. The van der Waals surface area contributed by atoms with E-state index in [9.17, 15) is 0 Å². The summed E-state index contributed by atoms with van der Waals surface area (Å²) in [5.41, 5.74) is 0. The van der Waals surface area contributed by atoms with Crippen molar-refractivity contribution in [1.29, 1.82) is 0 Å². The third-order valence-corrected chi connectivity index (χ3v) is 19.9. The van der Waals surface area contributed by atoms with Crippen LogP contribution in [0.15, 0.2) is 0 Å². The van der Waals surface area contributed by atoms with Crippen molar-refractivity contribution in [3.05, 3.63) is 0 Å². The molecule has 0 aliphatic heterocycles. The molecule has 0 heterocycles. The Morgan fingerprint density at radius 1 is 1.30 bits per heavy atom. The minimum atomic E-state index is -1.52. The molecule has 0 rings (SSSR count). The second-order valence-electron chi connectivity index (χ2n) is 1.28. The fraction of sp³-hybridized carbons (Fsp3) is 1.00. The van der Waals surface area contributed by atoms with Gasteiger partial charge in [0.1, 0.15) is 0 Å². The highest BCUT2D eigenvalue weighted by Gasteiger charge is 2.05. The predicted octanol–water partition coefficient (Wildman–Crippen LogP) is 0.246. The van der Waals surface area contributed by atoms with Crippen molar-refractivity contribution in [3.63, 3.8) is 0 Å². The number of hydrogen-bond acceptors (Lipinski definition) is 5. The molecule has 10 heavy (non-hydrogen) atoms. The van der Waals surface area contributed by atoms with Crippen LogP contribution in [0, 0.1) is 0 Å². The number of hydrogen-bond donors (Lipinski definition) is 0. The van der Waals surface area contributed by atoms with Crippen LogP contribution in [-0.2, 0) is 71.4 Å². The topological polar surface area (TPSA) is 9.23 Å². The van der Waals surface area contributed by atoms with Gasteiger partial charge < -0.3 is 4.18 Å². The van der Waals surface area contributed by atoms with E-state index in [4.69, 9.17) is 48.9 Å². The van der Waals surface area contributed by atoms with Gasteiger partial charge in [0.15, 0.2) is 0 Å². The largest absolute Gasteiger partial charge is 0.306 e. The third kappa shape index (κ3) is 4.05. The van der Waals surface area contributed by atoms with Gasteiger partial charge in [0.05, 0.1) is 15.9 Å². The maximum absolute atomic E-state index is 5.04.